The molecule has 0 amide bonds. The van der Waals surface area contributed by atoms with Gasteiger partial charge in [0.2, 0.25) is 0 Å². The zero-order chi connectivity index (χ0) is 17.9. The Balaban J connectivity index is 1.93. The SMILES string of the molecule is Cn1c(=O)c2nc(Br)n(Cc3cn4cc(Cl)ccc4n3)c2n(C)c1=O. The quantitative estimate of drug-likeness (QED) is 0.458. The van der Waals surface area contributed by atoms with Gasteiger partial charge < -0.3 is 4.40 Å². The van der Waals surface area contributed by atoms with Crippen molar-refractivity contribution in [1.82, 2.24) is 28.1 Å². The minimum atomic E-state index is -0.431. The number of aromatic nitrogens is 6. The molecule has 25 heavy (non-hydrogen) atoms. The summed E-state index contributed by atoms with van der Waals surface area (Å²) in [6, 6.07) is 3.59. The highest BCUT2D eigenvalue weighted by molar-refractivity contribution is 9.10. The van der Waals surface area contributed by atoms with Crippen LogP contribution >= 0.6 is 27.5 Å². The number of aryl methyl sites for hydroxylation is 1. The molecule has 0 atom stereocenters. The van der Waals surface area contributed by atoms with E-state index in [-0.39, 0.29) is 5.52 Å². The van der Waals surface area contributed by atoms with Crippen LogP contribution < -0.4 is 11.2 Å². The second-order valence-electron chi connectivity index (χ2n) is 5.69. The molecule has 0 fully saturated rings. The van der Waals surface area contributed by atoms with Crippen molar-refractivity contribution < 1.29 is 0 Å². The third kappa shape index (κ3) is 2.42. The number of hydrogen-bond acceptors (Lipinski definition) is 4. The topological polar surface area (TPSA) is 79.1 Å². The Morgan fingerprint density at radius 1 is 1.12 bits per heavy atom. The highest BCUT2D eigenvalue weighted by atomic mass is 79.9. The van der Waals surface area contributed by atoms with Gasteiger partial charge in [0, 0.05) is 26.5 Å². The standard InChI is InChI=1S/C15H12BrClN6O2/c1-20-12-11(13(24)21(2)15(20)25)19-14(16)23(12)7-9-6-22-5-8(17)3-4-10(22)18-9/h3-6H,7H2,1-2H3. The molecule has 8 nitrogen and oxygen atoms in total. The first-order chi connectivity index (χ1) is 11.9. The van der Waals surface area contributed by atoms with Gasteiger partial charge in [-0.25, -0.2) is 14.8 Å². The van der Waals surface area contributed by atoms with Gasteiger partial charge in [-0.2, -0.15) is 0 Å². The maximum Gasteiger partial charge on any atom is 0.332 e. The number of fused-ring (bicyclic) bond motifs is 2. The lowest BCUT2D eigenvalue weighted by Crippen LogP contribution is -2.37. The smallest absolute Gasteiger partial charge is 0.305 e. The number of hydrogen-bond donors (Lipinski definition) is 0. The van der Waals surface area contributed by atoms with Crippen LogP contribution in [0.25, 0.3) is 16.8 Å². The molecule has 0 aliphatic heterocycles. The highest BCUT2D eigenvalue weighted by Crippen LogP contribution is 2.19. The third-order valence-corrected chi connectivity index (χ3v) is 4.91. The summed E-state index contributed by atoms with van der Waals surface area (Å²) >= 11 is 9.37. The van der Waals surface area contributed by atoms with Crippen LogP contribution in [-0.2, 0) is 20.6 Å². The molecule has 0 radical (unpaired) electrons. The van der Waals surface area contributed by atoms with E-state index in [0.29, 0.717) is 21.9 Å². The number of nitrogens with zero attached hydrogens (tertiary/aromatic N) is 6. The average molecular weight is 424 g/mol. The molecule has 0 unspecified atom stereocenters. The lowest BCUT2D eigenvalue weighted by atomic mass is 10.4. The van der Waals surface area contributed by atoms with Gasteiger partial charge in [0.25, 0.3) is 5.56 Å². The molecule has 0 aliphatic carbocycles. The van der Waals surface area contributed by atoms with Gasteiger partial charge in [-0.3, -0.25) is 18.5 Å². The van der Waals surface area contributed by atoms with E-state index < -0.39 is 11.2 Å². The molecule has 4 heterocycles. The van der Waals surface area contributed by atoms with Crippen LogP contribution in [0.15, 0.2) is 38.8 Å². The summed E-state index contributed by atoms with van der Waals surface area (Å²) in [5.41, 5.74) is 1.32. The number of pyridine rings is 1. The Morgan fingerprint density at radius 2 is 1.88 bits per heavy atom. The van der Waals surface area contributed by atoms with Crippen LogP contribution in [0.3, 0.4) is 0 Å². The largest absolute Gasteiger partial charge is 0.332 e. The molecular weight excluding hydrogens is 412 g/mol. The van der Waals surface area contributed by atoms with Crippen LogP contribution in [0.1, 0.15) is 5.69 Å². The molecule has 0 spiro atoms. The van der Waals surface area contributed by atoms with E-state index in [4.69, 9.17) is 11.6 Å². The molecule has 0 aliphatic rings. The van der Waals surface area contributed by atoms with Gasteiger partial charge in [-0.05, 0) is 28.1 Å². The molecule has 4 rings (SSSR count). The summed E-state index contributed by atoms with van der Waals surface area (Å²) in [6.45, 7) is 0.344. The minimum absolute atomic E-state index is 0.225. The van der Waals surface area contributed by atoms with Crippen LogP contribution in [-0.4, -0.2) is 28.1 Å². The van der Waals surface area contributed by atoms with Crippen LogP contribution in [0.2, 0.25) is 5.02 Å². The van der Waals surface area contributed by atoms with E-state index >= 15 is 0 Å². The minimum Gasteiger partial charge on any atom is -0.305 e. The van der Waals surface area contributed by atoms with E-state index in [2.05, 4.69) is 25.9 Å². The van der Waals surface area contributed by atoms with Gasteiger partial charge in [0.15, 0.2) is 15.9 Å². The van der Waals surface area contributed by atoms with Crippen molar-refractivity contribution in [3.05, 3.63) is 60.8 Å². The Hall–Kier alpha value is -2.39. The van der Waals surface area contributed by atoms with Crippen LogP contribution in [0.4, 0.5) is 0 Å². The van der Waals surface area contributed by atoms with Crippen LogP contribution in [0, 0.1) is 0 Å². The first-order valence-electron chi connectivity index (χ1n) is 7.31. The molecular formula is C15H12BrClN6O2. The van der Waals surface area contributed by atoms with Gasteiger partial charge in [0.05, 0.1) is 17.3 Å². The van der Waals surface area contributed by atoms with E-state index in [1.807, 2.05) is 16.7 Å². The van der Waals surface area contributed by atoms with Crippen LogP contribution in [0.5, 0.6) is 0 Å². The molecule has 128 valence electrons. The van der Waals surface area contributed by atoms with Crippen molar-refractivity contribution in [1.29, 1.82) is 0 Å². The zero-order valence-electron chi connectivity index (χ0n) is 13.3. The Kier molecular flexibility index (Phi) is 3.58. The summed E-state index contributed by atoms with van der Waals surface area (Å²) in [5.74, 6) is 0. The molecule has 0 aromatic carbocycles. The van der Waals surface area contributed by atoms with Crippen molar-refractivity contribution in [2.45, 2.75) is 6.54 Å². The highest BCUT2D eigenvalue weighted by Gasteiger charge is 2.18. The van der Waals surface area contributed by atoms with E-state index in [1.165, 1.54) is 11.6 Å². The van der Waals surface area contributed by atoms with E-state index in [0.717, 1.165) is 15.9 Å². The van der Waals surface area contributed by atoms with E-state index in [1.54, 1.807) is 23.9 Å². The van der Waals surface area contributed by atoms with Crippen molar-refractivity contribution in [3.63, 3.8) is 0 Å². The second kappa shape index (κ2) is 5.57. The van der Waals surface area contributed by atoms with Crippen molar-refractivity contribution >= 4 is 44.3 Å². The molecule has 4 aromatic heterocycles. The summed E-state index contributed by atoms with van der Waals surface area (Å²) in [6.07, 6.45) is 3.61. The lowest BCUT2D eigenvalue weighted by Gasteiger charge is -2.08. The Morgan fingerprint density at radius 3 is 2.64 bits per heavy atom. The van der Waals surface area contributed by atoms with Gasteiger partial charge in [-0.1, -0.05) is 11.6 Å². The number of halogens is 2. The first-order valence-corrected chi connectivity index (χ1v) is 8.49. The summed E-state index contributed by atoms with van der Waals surface area (Å²) < 4.78 is 6.46. The Labute approximate surface area is 154 Å². The molecule has 0 N–H and O–H groups in total. The molecule has 10 heteroatoms. The fraction of sp³-hybridized carbons (Fsp3) is 0.200. The maximum atomic E-state index is 12.3. The summed E-state index contributed by atoms with van der Waals surface area (Å²) in [7, 11) is 3.04. The molecule has 0 bridgehead atoms. The first kappa shape index (κ1) is 16.1. The normalized spacial score (nSPS) is 11.7. The third-order valence-electron chi connectivity index (χ3n) is 4.08. The van der Waals surface area contributed by atoms with Crippen molar-refractivity contribution in [2.24, 2.45) is 14.1 Å². The van der Waals surface area contributed by atoms with Crippen molar-refractivity contribution in [3.8, 4) is 0 Å². The summed E-state index contributed by atoms with van der Waals surface area (Å²) in [5, 5.41) is 0.608. The zero-order valence-corrected chi connectivity index (χ0v) is 15.6. The second-order valence-corrected chi connectivity index (χ2v) is 6.84. The maximum absolute atomic E-state index is 12.3. The van der Waals surface area contributed by atoms with Crippen molar-refractivity contribution in [2.75, 3.05) is 0 Å². The fourth-order valence-electron chi connectivity index (χ4n) is 2.86. The van der Waals surface area contributed by atoms with Gasteiger partial charge in [-0.15, -0.1) is 0 Å². The molecule has 0 saturated carbocycles. The predicted molar refractivity (Wildman–Crippen MR) is 97.2 cm³/mol. The number of rotatable bonds is 2. The van der Waals surface area contributed by atoms with E-state index in [9.17, 15) is 9.59 Å². The van der Waals surface area contributed by atoms with Gasteiger partial charge >= 0.3 is 5.69 Å². The Bertz CT molecular complexity index is 1270. The average Bonchev–Trinajstić information content (AvgIpc) is 3.12. The predicted octanol–water partition coefficient (Wildman–Crippen LogP) is 1.55. The monoisotopic (exact) mass is 422 g/mol. The fourth-order valence-corrected chi connectivity index (χ4v) is 3.50. The summed E-state index contributed by atoms with van der Waals surface area (Å²) in [4.78, 5) is 33.4. The number of imidazole rings is 2. The molecule has 4 aromatic rings. The molecule has 0 saturated heterocycles. The van der Waals surface area contributed by atoms with Gasteiger partial charge in [0.1, 0.15) is 5.65 Å². The lowest BCUT2D eigenvalue weighted by molar-refractivity contribution is 0.682.